The number of nitrogens with zero attached hydrogens (tertiary/aromatic N) is 2. The Hall–Kier alpha value is -1.07. The van der Waals surface area contributed by atoms with E-state index in [4.69, 9.17) is 5.73 Å². The number of benzene rings is 1. The van der Waals surface area contributed by atoms with E-state index in [1.165, 1.54) is 0 Å². The summed E-state index contributed by atoms with van der Waals surface area (Å²) >= 11 is 3.45. The molecular weight excluding hydrogens is 282 g/mol. The zero-order valence-corrected chi connectivity index (χ0v) is 11.6. The van der Waals surface area contributed by atoms with Crippen molar-refractivity contribution in [1.29, 1.82) is 0 Å². The molecule has 0 spiro atoms. The van der Waals surface area contributed by atoms with Gasteiger partial charge in [-0.15, -0.1) is 0 Å². The van der Waals surface area contributed by atoms with Gasteiger partial charge in [-0.2, -0.15) is 0 Å². The lowest BCUT2D eigenvalue weighted by molar-refractivity contribution is -0.117. The molecule has 2 rings (SSSR count). The SMILES string of the molecule is CC(CN)N1C(=O)CN(C)c2cc(Br)ccc21. The first-order valence-electron chi connectivity index (χ1n) is 5.57. The summed E-state index contributed by atoms with van der Waals surface area (Å²) in [5.74, 6) is 0.0975. The highest BCUT2D eigenvalue weighted by Gasteiger charge is 2.30. The van der Waals surface area contributed by atoms with Crippen LogP contribution in [0.5, 0.6) is 0 Å². The Morgan fingerprint density at radius 2 is 2.18 bits per heavy atom. The maximum atomic E-state index is 12.1. The highest BCUT2D eigenvalue weighted by atomic mass is 79.9. The van der Waals surface area contributed by atoms with Gasteiger partial charge in [0.15, 0.2) is 0 Å². The van der Waals surface area contributed by atoms with Gasteiger partial charge in [-0.1, -0.05) is 15.9 Å². The van der Waals surface area contributed by atoms with E-state index in [1.807, 2.05) is 37.1 Å². The maximum Gasteiger partial charge on any atom is 0.246 e. The smallest absolute Gasteiger partial charge is 0.246 e. The van der Waals surface area contributed by atoms with E-state index in [9.17, 15) is 4.79 Å². The minimum Gasteiger partial charge on any atom is -0.364 e. The number of fused-ring (bicyclic) bond motifs is 1. The van der Waals surface area contributed by atoms with Crippen molar-refractivity contribution in [2.45, 2.75) is 13.0 Å². The summed E-state index contributed by atoms with van der Waals surface area (Å²) in [4.78, 5) is 15.8. The minimum absolute atomic E-state index is 0.0242. The van der Waals surface area contributed by atoms with Crippen LogP contribution in [0.2, 0.25) is 0 Å². The summed E-state index contributed by atoms with van der Waals surface area (Å²) in [6.45, 7) is 2.83. The van der Waals surface area contributed by atoms with Gasteiger partial charge >= 0.3 is 0 Å². The van der Waals surface area contributed by atoms with Crippen molar-refractivity contribution in [3.8, 4) is 0 Å². The van der Waals surface area contributed by atoms with Crippen LogP contribution in [0.3, 0.4) is 0 Å². The third-order valence-electron chi connectivity index (χ3n) is 3.03. The molecule has 17 heavy (non-hydrogen) atoms. The Labute approximate surface area is 110 Å². The molecule has 92 valence electrons. The fraction of sp³-hybridized carbons (Fsp3) is 0.417. The van der Waals surface area contributed by atoms with Crippen LogP contribution >= 0.6 is 15.9 Å². The molecule has 1 heterocycles. The van der Waals surface area contributed by atoms with Crippen LogP contribution in [0.25, 0.3) is 0 Å². The van der Waals surface area contributed by atoms with E-state index >= 15 is 0 Å². The quantitative estimate of drug-likeness (QED) is 0.902. The van der Waals surface area contributed by atoms with Crippen molar-refractivity contribution in [2.75, 3.05) is 29.9 Å². The van der Waals surface area contributed by atoms with E-state index in [0.29, 0.717) is 13.1 Å². The van der Waals surface area contributed by atoms with Gasteiger partial charge in [0.25, 0.3) is 0 Å². The van der Waals surface area contributed by atoms with Gasteiger partial charge in [0.05, 0.1) is 17.9 Å². The van der Waals surface area contributed by atoms with Crippen molar-refractivity contribution in [3.05, 3.63) is 22.7 Å². The molecule has 1 amide bonds. The Balaban J connectivity index is 2.50. The van der Waals surface area contributed by atoms with E-state index in [1.54, 1.807) is 4.90 Å². The van der Waals surface area contributed by atoms with Gasteiger partial charge in [0, 0.05) is 24.1 Å². The molecule has 0 saturated heterocycles. The zero-order chi connectivity index (χ0) is 12.6. The predicted octanol–water partition coefficient (Wildman–Crippen LogP) is 1.58. The fourth-order valence-corrected chi connectivity index (χ4v) is 2.44. The summed E-state index contributed by atoms with van der Waals surface area (Å²) in [6.07, 6.45) is 0. The van der Waals surface area contributed by atoms with Crippen LogP contribution in [-0.2, 0) is 4.79 Å². The third-order valence-corrected chi connectivity index (χ3v) is 3.52. The number of rotatable bonds is 2. The third kappa shape index (κ3) is 2.17. The van der Waals surface area contributed by atoms with Gasteiger partial charge in [0.2, 0.25) is 5.91 Å². The van der Waals surface area contributed by atoms with Crippen LogP contribution in [-0.4, -0.2) is 32.1 Å². The van der Waals surface area contributed by atoms with Crippen LogP contribution in [0.15, 0.2) is 22.7 Å². The Morgan fingerprint density at radius 3 is 2.82 bits per heavy atom. The molecule has 1 aliphatic heterocycles. The van der Waals surface area contributed by atoms with E-state index in [2.05, 4.69) is 15.9 Å². The Bertz CT molecular complexity index is 449. The van der Waals surface area contributed by atoms with Gasteiger partial charge in [0.1, 0.15) is 0 Å². The number of nitrogens with two attached hydrogens (primary N) is 1. The maximum absolute atomic E-state index is 12.1. The second-order valence-electron chi connectivity index (χ2n) is 4.34. The predicted molar refractivity (Wildman–Crippen MR) is 73.4 cm³/mol. The van der Waals surface area contributed by atoms with Crippen LogP contribution in [0, 0.1) is 0 Å². The van der Waals surface area contributed by atoms with Crippen LogP contribution in [0.4, 0.5) is 11.4 Å². The lowest BCUT2D eigenvalue weighted by Crippen LogP contribution is -2.50. The number of halogens is 1. The normalized spacial score (nSPS) is 17.1. The average molecular weight is 298 g/mol. The van der Waals surface area contributed by atoms with Gasteiger partial charge in [-0.25, -0.2) is 0 Å². The molecule has 0 aliphatic carbocycles. The summed E-state index contributed by atoms with van der Waals surface area (Å²) < 4.78 is 1.01. The lowest BCUT2D eigenvalue weighted by atomic mass is 10.1. The summed E-state index contributed by atoms with van der Waals surface area (Å²) in [7, 11) is 1.92. The van der Waals surface area contributed by atoms with Crippen molar-refractivity contribution in [1.82, 2.24) is 0 Å². The Kier molecular flexibility index (Phi) is 3.40. The fourth-order valence-electron chi connectivity index (χ4n) is 2.09. The molecule has 1 unspecified atom stereocenters. The van der Waals surface area contributed by atoms with E-state index in [-0.39, 0.29) is 11.9 Å². The molecule has 0 radical (unpaired) electrons. The molecule has 1 atom stereocenters. The molecule has 4 nitrogen and oxygen atoms in total. The number of carbonyl (C=O) groups is 1. The number of carbonyl (C=O) groups excluding carboxylic acids is 1. The van der Waals surface area contributed by atoms with Crippen LogP contribution < -0.4 is 15.5 Å². The standard InChI is InChI=1S/C12H16BrN3O/c1-8(6-14)16-10-4-3-9(13)5-11(10)15(2)7-12(16)17/h3-5,8H,6-7,14H2,1-2H3. The summed E-state index contributed by atoms with van der Waals surface area (Å²) in [5.41, 5.74) is 7.66. The second kappa shape index (κ2) is 4.66. The first kappa shape index (κ1) is 12.4. The topological polar surface area (TPSA) is 49.6 Å². The summed E-state index contributed by atoms with van der Waals surface area (Å²) in [6, 6.07) is 5.95. The number of amides is 1. The van der Waals surface area contributed by atoms with Gasteiger partial charge in [-0.05, 0) is 25.1 Å². The molecule has 5 heteroatoms. The summed E-state index contributed by atoms with van der Waals surface area (Å²) in [5, 5.41) is 0. The van der Waals surface area contributed by atoms with Crippen LogP contribution in [0.1, 0.15) is 6.92 Å². The molecule has 0 fully saturated rings. The zero-order valence-electron chi connectivity index (χ0n) is 9.98. The Morgan fingerprint density at radius 1 is 1.47 bits per heavy atom. The monoisotopic (exact) mass is 297 g/mol. The van der Waals surface area contributed by atoms with Crippen molar-refractivity contribution in [3.63, 3.8) is 0 Å². The molecule has 2 N–H and O–H groups in total. The molecular formula is C12H16BrN3O. The highest BCUT2D eigenvalue weighted by molar-refractivity contribution is 9.10. The van der Waals surface area contributed by atoms with Crippen molar-refractivity contribution in [2.24, 2.45) is 5.73 Å². The molecule has 1 aromatic rings. The largest absolute Gasteiger partial charge is 0.364 e. The number of hydrogen-bond acceptors (Lipinski definition) is 3. The first-order chi connectivity index (χ1) is 8.04. The number of likely N-dealkylation sites (N-methyl/N-ethyl adjacent to an activating group) is 1. The van der Waals surface area contributed by atoms with Gasteiger partial charge in [-0.3, -0.25) is 4.79 Å². The van der Waals surface area contributed by atoms with Gasteiger partial charge < -0.3 is 15.5 Å². The number of anilines is 2. The van der Waals surface area contributed by atoms with E-state index < -0.39 is 0 Å². The molecule has 0 saturated carbocycles. The minimum atomic E-state index is 0.0242. The van der Waals surface area contributed by atoms with E-state index in [0.717, 1.165) is 15.8 Å². The molecule has 0 bridgehead atoms. The second-order valence-corrected chi connectivity index (χ2v) is 5.25. The molecule has 0 aromatic heterocycles. The first-order valence-corrected chi connectivity index (χ1v) is 6.36. The molecule has 1 aliphatic rings. The van der Waals surface area contributed by atoms with Crippen molar-refractivity contribution < 1.29 is 4.79 Å². The lowest BCUT2D eigenvalue weighted by Gasteiger charge is -2.38. The number of hydrogen-bond donors (Lipinski definition) is 1. The average Bonchev–Trinajstić information content (AvgIpc) is 2.29. The molecule has 1 aromatic carbocycles. The highest BCUT2D eigenvalue weighted by Crippen LogP contribution is 2.35. The van der Waals surface area contributed by atoms with Crippen molar-refractivity contribution >= 4 is 33.2 Å².